The molecule has 1 fully saturated rings. The van der Waals surface area contributed by atoms with Crippen LogP contribution < -0.4 is 10.6 Å². The Morgan fingerprint density at radius 2 is 1.83 bits per heavy atom. The van der Waals surface area contributed by atoms with Crippen molar-refractivity contribution >= 4 is 29.3 Å². The van der Waals surface area contributed by atoms with E-state index < -0.39 is 0 Å². The molecule has 0 bridgehead atoms. The van der Waals surface area contributed by atoms with Crippen molar-refractivity contribution in [3.8, 4) is 0 Å². The monoisotopic (exact) mass is 431 g/mol. The second-order valence-electron chi connectivity index (χ2n) is 8.43. The van der Waals surface area contributed by atoms with Crippen molar-refractivity contribution in [2.75, 3.05) is 43.9 Å². The van der Waals surface area contributed by atoms with Crippen LogP contribution in [0.5, 0.6) is 0 Å². The van der Waals surface area contributed by atoms with E-state index in [4.69, 9.17) is 4.74 Å². The van der Waals surface area contributed by atoms with Gasteiger partial charge in [-0.05, 0) is 62.4 Å². The van der Waals surface area contributed by atoms with Crippen molar-refractivity contribution in [1.29, 1.82) is 0 Å². The molecule has 0 saturated carbocycles. The number of hydrogen-bond donors (Lipinski definition) is 2. The van der Waals surface area contributed by atoms with Crippen molar-refractivity contribution in [3.63, 3.8) is 0 Å². The highest BCUT2D eigenvalue weighted by Gasteiger charge is 2.21. The van der Waals surface area contributed by atoms with E-state index in [1.165, 1.54) is 18.2 Å². The van der Waals surface area contributed by atoms with Crippen molar-refractivity contribution < 1.29 is 14.3 Å². The zero-order chi connectivity index (χ0) is 21.5. The largest absolute Gasteiger partial charge is 0.496 e. The van der Waals surface area contributed by atoms with Gasteiger partial charge in [-0.2, -0.15) is 0 Å². The highest BCUT2D eigenvalue weighted by Crippen LogP contribution is 2.26. The van der Waals surface area contributed by atoms with Gasteiger partial charge in [-0.15, -0.1) is 11.8 Å². The van der Waals surface area contributed by atoms with Gasteiger partial charge in [0.15, 0.2) is 0 Å². The van der Waals surface area contributed by atoms with E-state index in [2.05, 4.69) is 29.4 Å². The fourth-order valence-electron chi connectivity index (χ4n) is 4.21. The maximum Gasteiger partial charge on any atom is 0.265 e. The highest BCUT2D eigenvalue weighted by molar-refractivity contribution is 8.04. The first-order valence-corrected chi connectivity index (χ1v) is 11.8. The maximum absolute atomic E-state index is 12.4. The molecule has 6 nitrogen and oxygen atoms in total. The highest BCUT2D eigenvalue weighted by atomic mass is 32.2. The Hall–Kier alpha value is -1.99. The molecule has 2 aliphatic rings. The number of ether oxygens (including phenoxy) is 1. The van der Waals surface area contributed by atoms with E-state index in [9.17, 15) is 9.59 Å². The van der Waals surface area contributed by atoms with Gasteiger partial charge in [-0.1, -0.05) is 13.8 Å². The Morgan fingerprint density at radius 3 is 2.50 bits per heavy atom. The molecule has 2 amide bonds. The van der Waals surface area contributed by atoms with Crippen LogP contribution in [-0.2, 0) is 9.53 Å². The van der Waals surface area contributed by atoms with Crippen LogP contribution in [0, 0.1) is 11.8 Å². The Kier molecular flexibility index (Phi) is 8.22. The first-order valence-electron chi connectivity index (χ1n) is 10.8. The number of hydrogen-bond acceptors (Lipinski definition) is 5. The van der Waals surface area contributed by atoms with Gasteiger partial charge in [0.25, 0.3) is 11.8 Å². The molecule has 0 aliphatic carbocycles. The fraction of sp³-hybridized carbons (Fsp3) is 0.565. The van der Waals surface area contributed by atoms with E-state index in [-0.39, 0.29) is 11.8 Å². The molecule has 7 heteroatoms. The van der Waals surface area contributed by atoms with E-state index in [0.29, 0.717) is 35.1 Å². The number of likely N-dealkylation sites (tertiary alicyclic amines) is 1. The van der Waals surface area contributed by atoms with Crippen molar-refractivity contribution in [2.24, 2.45) is 11.8 Å². The standard InChI is InChI=1S/C23H33N3O3S/c1-16-13-17(2)15-26(14-16)10-4-9-24-22(27)19-5-7-20(8-6-19)25-23(28)21-18(3)29-11-12-30-21/h5-8,16-17H,4,9-15H2,1-3H3,(H,24,27)(H,25,28). The summed E-state index contributed by atoms with van der Waals surface area (Å²) in [6.45, 7) is 11.1. The van der Waals surface area contributed by atoms with Crippen LogP contribution >= 0.6 is 11.8 Å². The van der Waals surface area contributed by atoms with E-state index >= 15 is 0 Å². The van der Waals surface area contributed by atoms with Crippen LogP contribution in [0.1, 0.15) is 44.0 Å². The number of anilines is 1. The van der Waals surface area contributed by atoms with Crippen LogP contribution in [0.3, 0.4) is 0 Å². The summed E-state index contributed by atoms with van der Waals surface area (Å²) in [6.07, 6.45) is 2.26. The number of piperidine rings is 1. The Morgan fingerprint density at radius 1 is 1.13 bits per heavy atom. The van der Waals surface area contributed by atoms with Gasteiger partial charge in [0.05, 0.1) is 6.61 Å². The predicted octanol–water partition coefficient (Wildman–Crippen LogP) is 3.72. The molecule has 1 aromatic rings. The molecule has 2 heterocycles. The van der Waals surface area contributed by atoms with Gasteiger partial charge >= 0.3 is 0 Å². The third kappa shape index (κ3) is 6.51. The Balaban J connectivity index is 1.42. The average molecular weight is 432 g/mol. The molecule has 2 atom stereocenters. The minimum Gasteiger partial charge on any atom is -0.496 e. The number of nitrogens with zero attached hydrogens (tertiary/aromatic N) is 1. The molecule has 2 unspecified atom stereocenters. The second kappa shape index (κ2) is 10.9. The summed E-state index contributed by atoms with van der Waals surface area (Å²) in [5, 5.41) is 5.87. The molecule has 0 radical (unpaired) electrons. The smallest absolute Gasteiger partial charge is 0.265 e. The minimum absolute atomic E-state index is 0.0805. The summed E-state index contributed by atoms with van der Waals surface area (Å²) in [7, 11) is 0. The molecule has 1 aromatic carbocycles. The molecular formula is C23H33N3O3S. The van der Waals surface area contributed by atoms with E-state index in [0.717, 1.165) is 43.6 Å². The van der Waals surface area contributed by atoms with Crippen LogP contribution in [0.25, 0.3) is 0 Å². The van der Waals surface area contributed by atoms with Crippen LogP contribution in [0.15, 0.2) is 34.9 Å². The molecule has 2 N–H and O–H groups in total. The lowest BCUT2D eigenvalue weighted by atomic mass is 9.92. The topological polar surface area (TPSA) is 70.7 Å². The normalized spacial score (nSPS) is 22.4. The number of nitrogens with one attached hydrogen (secondary N) is 2. The predicted molar refractivity (Wildman–Crippen MR) is 123 cm³/mol. The zero-order valence-electron chi connectivity index (χ0n) is 18.2. The molecule has 0 spiro atoms. The quantitative estimate of drug-likeness (QED) is 0.644. The number of allylic oxidation sites excluding steroid dienone is 1. The number of carbonyl (C=O) groups excluding carboxylic acids is 2. The lowest BCUT2D eigenvalue weighted by Crippen LogP contribution is -2.40. The molecule has 0 aromatic heterocycles. The molecule has 30 heavy (non-hydrogen) atoms. The van der Waals surface area contributed by atoms with E-state index in [1.54, 1.807) is 31.2 Å². The first-order chi connectivity index (χ1) is 14.4. The summed E-state index contributed by atoms with van der Waals surface area (Å²) in [4.78, 5) is 27.9. The second-order valence-corrected chi connectivity index (χ2v) is 9.53. The number of thioether (sulfide) groups is 1. The van der Waals surface area contributed by atoms with Gasteiger partial charge in [0.1, 0.15) is 10.7 Å². The van der Waals surface area contributed by atoms with E-state index in [1.807, 2.05) is 0 Å². The van der Waals surface area contributed by atoms with Gasteiger partial charge in [-0.3, -0.25) is 9.59 Å². The van der Waals surface area contributed by atoms with Crippen LogP contribution in [0.2, 0.25) is 0 Å². The third-order valence-electron chi connectivity index (χ3n) is 5.46. The molecule has 2 aliphatic heterocycles. The van der Waals surface area contributed by atoms with Gasteiger partial charge in [0.2, 0.25) is 0 Å². The summed E-state index contributed by atoms with van der Waals surface area (Å²) < 4.78 is 5.44. The first kappa shape index (κ1) is 22.7. The van der Waals surface area contributed by atoms with Crippen molar-refractivity contribution in [1.82, 2.24) is 10.2 Å². The molecule has 1 saturated heterocycles. The molecule has 3 rings (SSSR count). The van der Waals surface area contributed by atoms with Gasteiger partial charge in [0, 0.05) is 36.6 Å². The Labute approximate surface area is 183 Å². The summed E-state index contributed by atoms with van der Waals surface area (Å²) >= 11 is 1.50. The number of amides is 2. The van der Waals surface area contributed by atoms with Crippen molar-refractivity contribution in [3.05, 3.63) is 40.5 Å². The van der Waals surface area contributed by atoms with Gasteiger partial charge < -0.3 is 20.3 Å². The lowest BCUT2D eigenvalue weighted by Gasteiger charge is -2.34. The average Bonchev–Trinajstić information content (AvgIpc) is 2.71. The number of rotatable bonds is 7. The maximum atomic E-state index is 12.4. The Bertz CT molecular complexity index is 768. The summed E-state index contributed by atoms with van der Waals surface area (Å²) in [5.41, 5.74) is 1.26. The number of carbonyl (C=O) groups is 2. The molecular weight excluding hydrogens is 398 g/mol. The third-order valence-corrected chi connectivity index (χ3v) is 6.59. The summed E-state index contributed by atoms with van der Waals surface area (Å²) in [6, 6.07) is 7.00. The van der Waals surface area contributed by atoms with Crippen LogP contribution in [-0.4, -0.2) is 55.3 Å². The van der Waals surface area contributed by atoms with Gasteiger partial charge in [-0.25, -0.2) is 0 Å². The zero-order valence-corrected chi connectivity index (χ0v) is 19.0. The molecule has 164 valence electrons. The number of benzene rings is 1. The lowest BCUT2D eigenvalue weighted by molar-refractivity contribution is -0.112. The fourth-order valence-corrected chi connectivity index (χ4v) is 5.02. The minimum atomic E-state index is -0.171. The van der Waals surface area contributed by atoms with Crippen LogP contribution in [0.4, 0.5) is 5.69 Å². The summed E-state index contributed by atoms with van der Waals surface area (Å²) in [5.74, 6) is 2.69. The van der Waals surface area contributed by atoms with Crippen molar-refractivity contribution in [2.45, 2.75) is 33.6 Å². The SMILES string of the molecule is CC1=C(C(=O)Nc2ccc(C(=O)NCCCN3CC(C)CC(C)C3)cc2)SCCO1.